The minimum atomic E-state index is 0.150. The molecule has 34 heavy (non-hydrogen) atoms. The quantitative estimate of drug-likeness (QED) is 0.447. The third-order valence-corrected chi connectivity index (χ3v) is 8.90. The van der Waals surface area contributed by atoms with Gasteiger partial charge < -0.3 is 20.9 Å². The fourth-order valence-corrected chi connectivity index (χ4v) is 6.72. The van der Waals surface area contributed by atoms with E-state index in [1.807, 2.05) is 41.7 Å². The van der Waals surface area contributed by atoms with Crippen LogP contribution in [0.4, 0.5) is 11.1 Å². The Hall–Kier alpha value is -2.43. The molecule has 4 heterocycles. The van der Waals surface area contributed by atoms with Crippen molar-refractivity contribution in [2.75, 3.05) is 43.1 Å². The van der Waals surface area contributed by atoms with Gasteiger partial charge in [-0.1, -0.05) is 11.3 Å². The van der Waals surface area contributed by atoms with Crippen molar-refractivity contribution >= 4 is 50.3 Å². The molecule has 1 saturated carbocycles. The molecule has 6 rings (SSSR count). The highest BCUT2D eigenvalue weighted by molar-refractivity contribution is 7.98. The van der Waals surface area contributed by atoms with Crippen molar-refractivity contribution in [2.24, 2.45) is 11.8 Å². The minimum Gasteiger partial charge on any atom is -0.359 e. The van der Waals surface area contributed by atoms with Gasteiger partial charge in [-0.3, -0.25) is 4.79 Å². The van der Waals surface area contributed by atoms with Crippen molar-refractivity contribution < 1.29 is 4.79 Å². The molecular formula is C24H29N7OS2. The van der Waals surface area contributed by atoms with Crippen LogP contribution in [0.2, 0.25) is 0 Å². The van der Waals surface area contributed by atoms with Crippen LogP contribution in [0.25, 0.3) is 10.2 Å². The van der Waals surface area contributed by atoms with Gasteiger partial charge in [0.1, 0.15) is 0 Å². The van der Waals surface area contributed by atoms with E-state index in [1.165, 1.54) is 0 Å². The molecule has 0 radical (unpaired) electrons. The topological polar surface area (TPSA) is 95.1 Å². The normalized spacial score (nSPS) is 26.2. The van der Waals surface area contributed by atoms with Crippen LogP contribution < -0.4 is 16.0 Å². The number of benzene rings is 1. The van der Waals surface area contributed by atoms with Gasteiger partial charge in [0, 0.05) is 61.1 Å². The van der Waals surface area contributed by atoms with Crippen molar-refractivity contribution in [3.8, 4) is 0 Å². The van der Waals surface area contributed by atoms with Gasteiger partial charge in [-0.25, -0.2) is 15.0 Å². The number of aromatic nitrogens is 3. The molecule has 3 fully saturated rings. The van der Waals surface area contributed by atoms with Crippen LogP contribution in [0.15, 0.2) is 35.5 Å². The highest BCUT2D eigenvalue weighted by Crippen LogP contribution is 2.32. The number of anilines is 2. The Labute approximate surface area is 207 Å². The molecule has 1 aromatic carbocycles. The first kappa shape index (κ1) is 22.1. The fraction of sp³-hybridized carbons (Fsp3) is 0.500. The van der Waals surface area contributed by atoms with Crippen molar-refractivity contribution in [3.63, 3.8) is 0 Å². The third-order valence-electron chi connectivity index (χ3n) is 7.27. The van der Waals surface area contributed by atoms with Crippen LogP contribution >= 0.6 is 23.1 Å². The van der Waals surface area contributed by atoms with Crippen LogP contribution in [0.3, 0.4) is 0 Å². The Morgan fingerprint density at radius 3 is 2.59 bits per heavy atom. The molecule has 10 heteroatoms. The number of hydrogen-bond acceptors (Lipinski definition) is 9. The smallest absolute Gasteiger partial charge is 0.253 e. The number of likely N-dealkylation sites (tertiary alicyclic amines) is 1. The minimum absolute atomic E-state index is 0.150. The lowest BCUT2D eigenvalue weighted by atomic mass is 10.0. The average molecular weight is 496 g/mol. The molecule has 2 aliphatic heterocycles. The van der Waals surface area contributed by atoms with Gasteiger partial charge in [-0.15, -0.1) is 11.8 Å². The first-order valence-corrected chi connectivity index (χ1v) is 14.0. The van der Waals surface area contributed by atoms with Crippen LogP contribution in [0, 0.1) is 11.8 Å². The zero-order valence-electron chi connectivity index (χ0n) is 19.2. The molecule has 2 aromatic heterocycles. The van der Waals surface area contributed by atoms with Gasteiger partial charge >= 0.3 is 0 Å². The second-order valence-electron chi connectivity index (χ2n) is 9.53. The summed E-state index contributed by atoms with van der Waals surface area (Å²) in [7, 11) is 0. The number of thiazole rings is 1. The monoisotopic (exact) mass is 495 g/mol. The fourth-order valence-electron chi connectivity index (χ4n) is 5.42. The maximum Gasteiger partial charge on any atom is 0.253 e. The Kier molecular flexibility index (Phi) is 6.04. The van der Waals surface area contributed by atoms with Gasteiger partial charge in [0.15, 0.2) is 5.13 Å². The van der Waals surface area contributed by atoms with E-state index in [2.05, 4.69) is 25.9 Å². The zero-order valence-corrected chi connectivity index (χ0v) is 20.8. The van der Waals surface area contributed by atoms with Gasteiger partial charge in [-0.05, 0) is 55.6 Å². The predicted molar refractivity (Wildman–Crippen MR) is 138 cm³/mol. The zero-order chi connectivity index (χ0) is 23.1. The maximum absolute atomic E-state index is 13.1. The standard InChI is InChI=1S/C24H29N7OS2/c1-33-19-10-26-23(27-11-19)28-17-3-4-18(7-17)29-24-30-20-5-2-14(6-21(20)34-24)22(32)31-12-15-8-25-9-16(15)13-31/h2,5-6,10-11,15-18,25H,3-4,7-9,12-13H2,1H3,(H,29,30)(H,26,27,28)/t15-,16+,17-,18-/m0/s1. The van der Waals surface area contributed by atoms with Crippen LogP contribution in [0.1, 0.15) is 29.6 Å². The van der Waals surface area contributed by atoms with Gasteiger partial charge in [0.05, 0.1) is 10.2 Å². The second kappa shape index (κ2) is 9.31. The van der Waals surface area contributed by atoms with Crippen molar-refractivity contribution in [2.45, 2.75) is 36.2 Å². The molecule has 0 unspecified atom stereocenters. The van der Waals surface area contributed by atoms with Crippen LogP contribution in [-0.4, -0.2) is 70.3 Å². The number of carbonyl (C=O) groups is 1. The summed E-state index contributed by atoms with van der Waals surface area (Å²) in [5.74, 6) is 2.06. The van der Waals surface area contributed by atoms with E-state index < -0.39 is 0 Å². The van der Waals surface area contributed by atoms with Crippen molar-refractivity contribution in [3.05, 3.63) is 36.2 Å². The summed E-state index contributed by atoms with van der Waals surface area (Å²) in [4.78, 5) is 29.8. The number of nitrogens with one attached hydrogen (secondary N) is 3. The maximum atomic E-state index is 13.1. The number of thioether (sulfide) groups is 1. The number of carbonyl (C=O) groups excluding carboxylic acids is 1. The van der Waals surface area contributed by atoms with E-state index in [0.29, 0.717) is 29.9 Å². The van der Waals surface area contributed by atoms with E-state index in [-0.39, 0.29) is 5.91 Å². The summed E-state index contributed by atoms with van der Waals surface area (Å²) in [6.45, 7) is 3.81. The van der Waals surface area contributed by atoms with E-state index >= 15 is 0 Å². The largest absolute Gasteiger partial charge is 0.359 e. The molecule has 4 atom stereocenters. The molecule has 2 saturated heterocycles. The number of nitrogens with zero attached hydrogens (tertiary/aromatic N) is 4. The Morgan fingerprint density at radius 2 is 1.85 bits per heavy atom. The molecule has 3 aliphatic rings. The average Bonchev–Trinajstić information content (AvgIpc) is 3.62. The lowest BCUT2D eigenvalue weighted by Gasteiger charge is -2.17. The van der Waals surface area contributed by atoms with E-state index in [0.717, 1.165) is 71.2 Å². The first-order chi connectivity index (χ1) is 16.6. The number of rotatable bonds is 6. The predicted octanol–water partition coefficient (Wildman–Crippen LogP) is 3.54. The van der Waals surface area contributed by atoms with Gasteiger partial charge in [0.2, 0.25) is 5.95 Å². The molecular weight excluding hydrogens is 466 g/mol. The highest BCUT2D eigenvalue weighted by atomic mass is 32.2. The van der Waals surface area contributed by atoms with Crippen LogP contribution in [0.5, 0.6) is 0 Å². The molecule has 0 bridgehead atoms. The number of hydrogen-bond donors (Lipinski definition) is 3. The molecule has 178 valence electrons. The molecule has 3 aromatic rings. The summed E-state index contributed by atoms with van der Waals surface area (Å²) in [5, 5.41) is 11.4. The Bertz CT molecular complexity index is 1170. The molecule has 8 nitrogen and oxygen atoms in total. The highest BCUT2D eigenvalue weighted by Gasteiger charge is 2.38. The molecule has 1 aliphatic carbocycles. The summed E-state index contributed by atoms with van der Waals surface area (Å²) >= 11 is 3.28. The van der Waals surface area contributed by atoms with E-state index in [1.54, 1.807) is 23.1 Å². The number of fused-ring (bicyclic) bond motifs is 2. The SMILES string of the molecule is CSc1cnc(N[C@H]2CC[C@H](Nc3nc4ccc(C(=O)N5C[C@H]6CNC[C@H]6C5)cc4s3)C2)nc1. The van der Waals surface area contributed by atoms with Crippen molar-refractivity contribution in [1.82, 2.24) is 25.2 Å². The first-order valence-electron chi connectivity index (χ1n) is 11.9. The lowest BCUT2D eigenvalue weighted by Crippen LogP contribution is -2.31. The van der Waals surface area contributed by atoms with E-state index in [9.17, 15) is 4.79 Å². The van der Waals surface area contributed by atoms with Gasteiger partial charge in [-0.2, -0.15) is 0 Å². The Morgan fingerprint density at radius 1 is 1.12 bits per heavy atom. The molecule has 0 spiro atoms. The summed E-state index contributed by atoms with van der Waals surface area (Å²) in [5.41, 5.74) is 1.72. The van der Waals surface area contributed by atoms with E-state index in [4.69, 9.17) is 4.98 Å². The summed E-state index contributed by atoms with van der Waals surface area (Å²) in [6, 6.07) is 6.64. The summed E-state index contributed by atoms with van der Waals surface area (Å²) < 4.78 is 1.06. The number of amides is 1. The second-order valence-corrected chi connectivity index (χ2v) is 11.4. The molecule has 1 amide bonds. The Balaban J connectivity index is 1.07. The van der Waals surface area contributed by atoms with Gasteiger partial charge in [0.25, 0.3) is 5.91 Å². The third kappa shape index (κ3) is 4.46. The lowest BCUT2D eigenvalue weighted by molar-refractivity contribution is 0.0782. The van der Waals surface area contributed by atoms with Crippen molar-refractivity contribution in [1.29, 1.82) is 0 Å². The molecule has 3 N–H and O–H groups in total. The summed E-state index contributed by atoms with van der Waals surface area (Å²) in [6.07, 6.45) is 8.89. The van der Waals surface area contributed by atoms with Crippen LogP contribution in [-0.2, 0) is 0 Å².